The summed E-state index contributed by atoms with van der Waals surface area (Å²) in [5, 5.41) is 19.8. The zero-order chi connectivity index (χ0) is 21.5. The number of rotatable bonds is 11. The van der Waals surface area contributed by atoms with Crippen molar-refractivity contribution < 1.29 is 24.5 Å². The van der Waals surface area contributed by atoms with Crippen LogP contribution in [-0.2, 0) is 22.4 Å². The molecule has 3 rings (SSSR count). The molecule has 4 N–H and O–H groups in total. The second-order valence-electron chi connectivity index (χ2n) is 6.63. The molecule has 2 aromatic carbocycles. The topological polar surface area (TPSA) is 121 Å². The molecule has 0 saturated heterocycles. The molecule has 1 aromatic heterocycles. The highest BCUT2D eigenvalue weighted by atomic mass is 32.1. The Morgan fingerprint density at radius 2 is 1.73 bits per heavy atom. The Morgan fingerprint density at radius 1 is 1.03 bits per heavy atom. The molecule has 0 aliphatic carbocycles. The molecule has 0 saturated carbocycles. The van der Waals surface area contributed by atoms with E-state index in [-0.39, 0.29) is 12.8 Å². The molecule has 1 heterocycles. The molecule has 0 aliphatic heterocycles. The van der Waals surface area contributed by atoms with E-state index in [1.165, 1.54) is 11.3 Å². The van der Waals surface area contributed by atoms with E-state index in [1.54, 1.807) is 24.3 Å². The number of nitrogens with one attached hydrogen (secondary N) is 2. The SMILES string of the molecule is CCOc1cccc(CC(NN[C@@H](Cc2nc3ccccc3s2)C(=O)O)C(=O)O)c1. The van der Waals surface area contributed by atoms with Crippen LogP contribution in [0.15, 0.2) is 48.5 Å². The third-order valence-electron chi connectivity index (χ3n) is 4.39. The second-order valence-corrected chi connectivity index (χ2v) is 7.75. The molecule has 0 radical (unpaired) electrons. The summed E-state index contributed by atoms with van der Waals surface area (Å²) in [5.41, 5.74) is 6.90. The average molecular weight is 429 g/mol. The summed E-state index contributed by atoms with van der Waals surface area (Å²) in [6.45, 7) is 2.38. The lowest BCUT2D eigenvalue weighted by Gasteiger charge is -2.19. The Morgan fingerprint density at radius 3 is 2.40 bits per heavy atom. The number of nitrogens with zero attached hydrogens (tertiary/aromatic N) is 1. The van der Waals surface area contributed by atoms with Gasteiger partial charge in [-0.2, -0.15) is 0 Å². The first kappa shape index (κ1) is 21.7. The molecular formula is C21H23N3O5S. The van der Waals surface area contributed by atoms with Crippen LogP contribution in [-0.4, -0.2) is 45.8 Å². The van der Waals surface area contributed by atoms with Crippen molar-refractivity contribution in [2.24, 2.45) is 0 Å². The minimum Gasteiger partial charge on any atom is -0.494 e. The number of para-hydroxylation sites is 1. The smallest absolute Gasteiger partial charge is 0.322 e. The van der Waals surface area contributed by atoms with Gasteiger partial charge in [0.05, 0.1) is 21.8 Å². The summed E-state index contributed by atoms with van der Waals surface area (Å²) >= 11 is 1.42. The van der Waals surface area contributed by atoms with Crippen molar-refractivity contribution in [3.05, 3.63) is 59.1 Å². The lowest BCUT2D eigenvalue weighted by atomic mass is 10.1. The van der Waals surface area contributed by atoms with Crippen LogP contribution in [0, 0.1) is 0 Å². The normalized spacial score (nSPS) is 13.1. The number of ether oxygens (including phenoxy) is 1. The molecule has 2 atom stereocenters. The highest BCUT2D eigenvalue weighted by Gasteiger charge is 2.24. The van der Waals surface area contributed by atoms with Crippen molar-refractivity contribution in [1.29, 1.82) is 0 Å². The lowest BCUT2D eigenvalue weighted by molar-refractivity contribution is -0.143. The van der Waals surface area contributed by atoms with Crippen LogP contribution in [0.2, 0.25) is 0 Å². The van der Waals surface area contributed by atoms with Crippen molar-refractivity contribution in [2.45, 2.75) is 31.8 Å². The Labute approximate surface area is 177 Å². The fraction of sp³-hybridized carbons (Fsp3) is 0.286. The standard InChI is InChI=1S/C21H23N3O5S/c1-2-29-14-7-5-6-13(10-14)11-16(20(25)26)23-24-17(21(27)28)12-19-22-15-8-3-4-9-18(15)30-19/h3-10,16-17,23-24H,2,11-12H2,1H3,(H,25,26)(H,27,28)/t16?,17-/m0/s1. The van der Waals surface area contributed by atoms with Crippen LogP contribution in [0.3, 0.4) is 0 Å². The predicted molar refractivity (Wildman–Crippen MR) is 114 cm³/mol. The highest BCUT2D eigenvalue weighted by Crippen LogP contribution is 2.22. The van der Waals surface area contributed by atoms with Gasteiger partial charge in [-0.05, 0) is 43.2 Å². The maximum absolute atomic E-state index is 11.7. The van der Waals surface area contributed by atoms with E-state index in [2.05, 4.69) is 15.8 Å². The minimum absolute atomic E-state index is 0.133. The summed E-state index contributed by atoms with van der Waals surface area (Å²) in [6.07, 6.45) is 0.296. The maximum Gasteiger partial charge on any atom is 0.322 e. The number of carboxylic acid groups (broad SMARTS) is 2. The third kappa shape index (κ3) is 5.76. The Bertz CT molecular complexity index is 990. The van der Waals surface area contributed by atoms with E-state index in [1.807, 2.05) is 31.2 Å². The molecule has 158 valence electrons. The summed E-state index contributed by atoms with van der Waals surface area (Å²) in [5.74, 6) is -1.52. The molecule has 0 spiro atoms. The molecule has 0 fully saturated rings. The van der Waals surface area contributed by atoms with Crippen molar-refractivity contribution in [3.8, 4) is 5.75 Å². The van der Waals surface area contributed by atoms with Crippen LogP contribution in [0.5, 0.6) is 5.75 Å². The fourth-order valence-corrected chi connectivity index (χ4v) is 3.96. The van der Waals surface area contributed by atoms with E-state index in [0.29, 0.717) is 17.4 Å². The number of aliphatic carboxylic acids is 2. The monoisotopic (exact) mass is 429 g/mol. The maximum atomic E-state index is 11.7. The van der Waals surface area contributed by atoms with Crippen molar-refractivity contribution in [3.63, 3.8) is 0 Å². The molecule has 30 heavy (non-hydrogen) atoms. The Balaban J connectivity index is 1.65. The number of hydrazine groups is 1. The predicted octanol–water partition coefficient (Wildman–Crippen LogP) is 2.48. The molecule has 1 unspecified atom stereocenters. The molecule has 0 bridgehead atoms. The molecule has 0 aliphatic rings. The Hall–Kier alpha value is -3.01. The number of hydrogen-bond acceptors (Lipinski definition) is 7. The van der Waals surface area contributed by atoms with Crippen LogP contribution >= 0.6 is 11.3 Å². The number of benzene rings is 2. The van der Waals surface area contributed by atoms with Gasteiger partial charge in [-0.25, -0.2) is 15.8 Å². The summed E-state index contributed by atoms with van der Waals surface area (Å²) in [7, 11) is 0. The highest BCUT2D eigenvalue weighted by molar-refractivity contribution is 7.18. The number of carbonyl (C=O) groups is 2. The molecule has 3 aromatic rings. The quantitative estimate of drug-likeness (QED) is 0.343. The minimum atomic E-state index is -1.09. The Kier molecular flexibility index (Phi) is 7.34. The van der Waals surface area contributed by atoms with Gasteiger partial charge in [-0.15, -0.1) is 11.3 Å². The lowest BCUT2D eigenvalue weighted by Crippen LogP contribution is -2.53. The van der Waals surface area contributed by atoms with Gasteiger partial charge in [0.25, 0.3) is 0 Å². The first-order valence-electron chi connectivity index (χ1n) is 9.49. The van der Waals surface area contributed by atoms with Gasteiger partial charge in [0, 0.05) is 6.42 Å². The molecular weight excluding hydrogens is 406 g/mol. The molecule has 8 nitrogen and oxygen atoms in total. The van der Waals surface area contributed by atoms with Gasteiger partial charge in [0.2, 0.25) is 0 Å². The average Bonchev–Trinajstić information content (AvgIpc) is 3.12. The fourth-order valence-electron chi connectivity index (χ4n) is 2.95. The number of fused-ring (bicyclic) bond motifs is 1. The third-order valence-corrected chi connectivity index (χ3v) is 5.45. The van der Waals surface area contributed by atoms with Crippen LogP contribution in [0.1, 0.15) is 17.5 Å². The van der Waals surface area contributed by atoms with E-state index < -0.39 is 24.0 Å². The number of thiazole rings is 1. The van der Waals surface area contributed by atoms with Crippen molar-refractivity contribution >= 4 is 33.5 Å². The van der Waals surface area contributed by atoms with E-state index in [4.69, 9.17) is 4.74 Å². The van der Waals surface area contributed by atoms with Crippen LogP contribution in [0.4, 0.5) is 0 Å². The summed E-state index contributed by atoms with van der Waals surface area (Å²) < 4.78 is 6.42. The number of carboxylic acids is 2. The second kappa shape index (κ2) is 10.1. The van der Waals surface area contributed by atoms with Gasteiger partial charge >= 0.3 is 11.9 Å². The zero-order valence-corrected chi connectivity index (χ0v) is 17.2. The number of hydrogen-bond donors (Lipinski definition) is 4. The first-order valence-corrected chi connectivity index (χ1v) is 10.3. The summed E-state index contributed by atoms with van der Waals surface area (Å²) in [4.78, 5) is 27.8. The van der Waals surface area contributed by atoms with Crippen LogP contribution < -0.4 is 15.6 Å². The first-order chi connectivity index (χ1) is 14.5. The largest absolute Gasteiger partial charge is 0.494 e. The van der Waals surface area contributed by atoms with E-state index in [0.717, 1.165) is 15.8 Å². The van der Waals surface area contributed by atoms with Gasteiger partial charge < -0.3 is 14.9 Å². The van der Waals surface area contributed by atoms with Crippen molar-refractivity contribution in [1.82, 2.24) is 15.8 Å². The van der Waals surface area contributed by atoms with Gasteiger partial charge in [-0.1, -0.05) is 24.3 Å². The molecule has 0 amide bonds. The van der Waals surface area contributed by atoms with Crippen LogP contribution in [0.25, 0.3) is 10.2 Å². The van der Waals surface area contributed by atoms with E-state index in [9.17, 15) is 19.8 Å². The van der Waals surface area contributed by atoms with Crippen molar-refractivity contribution in [2.75, 3.05) is 6.61 Å². The van der Waals surface area contributed by atoms with E-state index >= 15 is 0 Å². The van der Waals surface area contributed by atoms with Gasteiger partial charge in [0.15, 0.2) is 0 Å². The summed E-state index contributed by atoms with van der Waals surface area (Å²) in [6, 6.07) is 12.7. The zero-order valence-electron chi connectivity index (χ0n) is 16.4. The van der Waals surface area contributed by atoms with Gasteiger partial charge in [-0.3, -0.25) is 9.59 Å². The number of aromatic nitrogens is 1. The molecule has 9 heteroatoms. The van der Waals surface area contributed by atoms with Gasteiger partial charge in [0.1, 0.15) is 17.8 Å².